The van der Waals surface area contributed by atoms with E-state index in [1.807, 2.05) is 38.2 Å². The summed E-state index contributed by atoms with van der Waals surface area (Å²) < 4.78 is 26.6. The van der Waals surface area contributed by atoms with Gasteiger partial charge in [-0.2, -0.15) is 0 Å². The highest BCUT2D eigenvalue weighted by atomic mass is 16.5. The Kier molecular flexibility index (Phi) is 2.80. The summed E-state index contributed by atoms with van der Waals surface area (Å²) in [5, 5.41) is 0. The van der Waals surface area contributed by atoms with Gasteiger partial charge in [0.1, 0.15) is 5.75 Å². The molecule has 0 N–H and O–H groups in total. The molecule has 2 heteroatoms. The zero-order valence-corrected chi connectivity index (χ0v) is 10.7. The lowest BCUT2D eigenvalue weighted by Gasteiger charge is -2.20. The van der Waals surface area contributed by atoms with Crippen LogP contribution < -0.4 is 9.64 Å². The van der Waals surface area contributed by atoms with Crippen molar-refractivity contribution < 1.29 is 8.85 Å². The van der Waals surface area contributed by atoms with Crippen molar-refractivity contribution >= 4 is 5.69 Å². The summed E-state index contributed by atoms with van der Waals surface area (Å²) in [7, 11) is -0.454. The van der Waals surface area contributed by atoms with Crippen LogP contribution in [0.5, 0.6) is 5.75 Å². The van der Waals surface area contributed by atoms with Gasteiger partial charge in [0.25, 0.3) is 0 Å². The molecule has 2 rings (SSSR count). The molecule has 0 aromatic heterocycles. The number of methoxy groups -OCH3 is 1. The number of hydrogen-bond donors (Lipinski definition) is 0. The maximum atomic E-state index is 7.19. The van der Waals surface area contributed by atoms with Crippen LogP contribution in [0.2, 0.25) is 0 Å². The highest BCUT2D eigenvalue weighted by Gasteiger charge is 2.04. The van der Waals surface area contributed by atoms with E-state index in [1.54, 1.807) is 12.1 Å². The Bertz CT molecular complexity index is 596. The normalized spacial score (nSPS) is 13.3. The first-order valence-electron chi connectivity index (χ1n) is 7.39. The van der Waals surface area contributed by atoms with Crippen LogP contribution in [0, 0.1) is 6.92 Å². The van der Waals surface area contributed by atoms with E-state index >= 15 is 0 Å². The van der Waals surface area contributed by atoms with E-state index in [0.717, 1.165) is 17.8 Å². The number of ether oxygens (including phenoxy) is 1. The summed E-state index contributed by atoms with van der Waals surface area (Å²) in [6, 6.07) is 15.6. The van der Waals surface area contributed by atoms with Gasteiger partial charge in [0.05, 0.1) is 11.2 Å². The Hall–Kier alpha value is -1.96. The maximum absolute atomic E-state index is 7.19. The minimum atomic E-state index is -2.43. The van der Waals surface area contributed by atoms with Crippen molar-refractivity contribution in [3.05, 3.63) is 59.7 Å². The van der Waals surface area contributed by atoms with Crippen LogP contribution in [-0.4, -0.2) is 14.1 Å². The molecule has 0 radical (unpaired) electrons. The van der Waals surface area contributed by atoms with E-state index in [1.165, 1.54) is 5.56 Å². The van der Waals surface area contributed by atoms with E-state index in [0.29, 0.717) is 5.75 Å². The van der Waals surface area contributed by atoms with Gasteiger partial charge >= 0.3 is 0 Å². The van der Waals surface area contributed by atoms with Crippen LogP contribution in [0.15, 0.2) is 48.5 Å². The quantitative estimate of drug-likeness (QED) is 0.814. The minimum Gasteiger partial charge on any atom is -0.497 e. The molecule has 0 spiro atoms. The second-order valence-corrected chi connectivity index (χ2v) is 4.45. The molecule has 18 heavy (non-hydrogen) atoms. The Labute approximate surface area is 113 Å². The van der Waals surface area contributed by atoms with Crippen LogP contribution in [0.25, 0.3) is 0 Å². The lowest BCUT2D eigenvalue weighted by atomic mass is 10.1. The highest BCUT2D eigenvalue weighted by Crippen LogP contribution is 2.23. The summed E-state index contributed by atoms with van der Waals surface area (Å²) in [5.74, 6) is 0.366. The van der Waals surface area contributed by atoms with E-state index in [4.69, 9.17) is 8.85 Å². The first kappa shape index (κ1) is 9.03. The molecule has 0 aliphatic carbocycles. The summed E-state index contributed by atoms with van der Waals surface area (Å²) in [6.07, 6.45) is 0. The van der Waals surface area contributed by atoms with Gasteiger partial charge in [-0.25, -0.2) is 0 Å². The van der Waals surface area contributed by atoms with Crippen LogP contribution >= 0.6 is 0 Å². The molecule has 0 atom stereocenters. The predicted molar refractivity (Wildman–Crippen MR) is 76.3 cm³/mol. The zero-order valence-electron chi connectivity index (χ0n) is 13.7. The molecule has 0 saturated heterocycles. The van der Waals surface area contributed by atoms with Gasteiger partial charge in [-0.3, -0.25) is 0 Å². The molecule has 0 aliphatic rings. The number of rotatable bonds is 4. The first-order chi connectivity index (χ1) is 9.83. The fourth-order valence-corrected chi connectivity index (χ4v) is 1.96. The molecule has 0 heterocycles. The molecule has 0 fully saturated rings. The Morgan fingerprint density at radius 2 is 1.94 bits per heavy atom. The topological polar surface area (TPSA) is 12.5 Å². The maximum Gasteiger partial charge on any atom is 0.121 e. The third-order valence-electron chi connectivity index (χ3n) is 2.86. The molecule has 0 unspecified atom stereocenters. The van der Waals surface area contributed by atoms with Crippen LogP contribution in [0.3, 0.4) is 0 Å². The molecule has 0 saturated carbocycles. The van der Waals surface area contributed by atoms with E-state index in [2.05, 4.69) is 17.0 Å². The smallest absolute Gasteiger partial charge is 0.121 e. The Morgan fingerprint density at radius 3 is 2.67 bits per heavy atom. The molecule has 0 amide bonds. The van der Waals surface area contributed by atoms with Gasteiger partial charge in [0, 0.05) is 25.3 Å². The van der Waals surface area contributed by atoms with Gasteiger partial charge in [0.15, 0.2) is 0 Å². The van der Waals surface area contributed by atoms with E-state index in [-0.39, 0.29) is 0 Å². The van der Waals surface area contributed by atoms with Gasteiger partial charge in [-0.05, 0) is 30.2 Å². The van der Waals surface area contributed by atoms with Crippen molar-refractivity contribution in [3.8, 4) is 5.75 Å². The molecule has 0 aliphatic heterocycles. The van der Waals surface area contributed by atoms with Crippen molar-refractivity contribution in [2.24, 2.45) is 0 Å². The third kappa shape index (κ3) is 3.04. The largest absolute Gasteiger partial charge is 0.497 e. The molecule has 2 nitrogen and oxygen atoms in total. The molecule has 2 aromatic carbocycles. The second kappa shape index (κ2) is 5.58. The number of aryl methyl sites for hydroxylation is 1. The number of nitrogens with zero attached hydrogens (tertiary/aromatic N) is 1. The minimum absolute atomic E-state index is 0.366. The third-order valence-corrected chi connectivity index (χ3v) is 2.86. The molecule has 2 aromatic rings. The van der Waals surface area contributed by atoms with Crippen molar-refractivity contribution in [3.63, 3.8) is 0 Å². The van der Waals surface area contributed by atoms with Crippen molar-refractivity contribution in [1.82, 2.24) is 0 Å². The van der Waals surface area contributed by atoms with Crippen LogP contribution in [0.4, 0.5) is 5.69 Å². The Morgan fingerprint density at radius 1 is 1.17 bits per heavy atom. The van der Waals surface area contributed by atoms with E-state index in [9.17, 15) is 0 Å². The van der Waals surface area contributed by atoms with Gasteiger partial charge in [-0.1, -0.05) is 30.3 Å². The van der Waals surface area contributed by atoms with E-state index < -0.39 is 7.04 Å². The number of benzene rings is 2. The molecular weight excluding hydrogens is 222 g/mol. The molecule has 94 valence electrons. The zero-order chi connectivity index (χ0) is 15.5. The summed E-state index contributed by atoms with van der Waals surface area (Å²) in [5.41, 5.74) is 3.09. The SMILES string of the molecule is [2H]C([2H])([2H])Oc1cc(C)cc(N(C)Cc2ccccc2)c1. The lowest BCUT2D eigenvalue weighted by Crippen LogP contribution is -2.16. The van der Waals surface area contributed by atoms with Gasteiger partial charge in [-0.15, -0.1) is 0 Å². The number of hydrogen-bond acceptors (Lipinski definition) is 2. The highest BCUT2D eigenvalue weighted by molar-refractivity contribution is 5.53. The first-order valence-corrected chi connectivity index (χ1v) is 5.89. The average molecular weight is 244 g/mol. The monoisotopic (exact) mass is 244 g/mol. The fraction of sp³-hybridized carbons (Fsp3) is 0.250. The second-order valence-electron chi connectivity index (χ2n) is 4.45. The van der Waals surface area contributed by atoms with Crippen molar-refractivity contribution in [2.75, 3.05) is 19.0 Å². The number of anilines is 1. The fourth-order valence-electron chi connectivity index (χ4n) is 1.96. The average Bonchev–Trinajstić information content (AvgIpc) is 2.37. The van der Waals surface area contributed by atoms with Crippen LogP contribution in [0.1, 0.15) is 15.2 Å². The molecule has 0 bridgehead atoms. The summed E-state index contributed by atoms with van der Waals surface area (Å²) >= 11 is 0. The predicted octanol–water partition coefficient (Wildman–Crippen LogP) is 3.64. The van der Waals surface area contributed by atoms with Crippen LogP contribution in [-0.2, 0) is 6.54 Å². The lowest BCUT2D eigenvalue weighted by molar-refractivity contribution is 0.414. The standard InChI is InChI=1S/C16H19NO/c1-13-9-15(11-16(10-13)18-3)17(2)12-14-7-5-4-6-8-14/h4-11H,12H2,1-3H3/i3D3. The van der Waals surface area contributed by atoms with Crippen molar-refractivity contribution in [2.45, 2.75) is 13.5 Å². The summed E-state index contributed by atoms with van der Waals surface area (Å²) in [4.78, 5) is 2.06. The van der Waals surface area contributed by atoms with Gasteiger partial charge in [0.2, 0.25) is 0 Å². The van der Waals surface area contributed by atoms with Gasteiger partial charge < -0.3 is 9.64 Å². The molecular formula is C16H19NO. The Balaban J connectivity index is 2.19. The van der Waals surface area contributed by atoms with Crippen molar-refractivity contribution in [1.29, 1.82) is 0 Å². The summed E-state index contributed by atoms with van der Waals surface area (Å²) in [6.45, 7) is 2.67.